The van der Waals surface area contributed by atoms with Gasteiger partial charge in [-0.3, -0.25) is 4.90 Å². The van der Waals surface area contributed by atoms with Gasteiger partial charge in [0.2, 0.25) is 0 Å². The van der Waals surface area contributed by atoms with Crippen LogP contribution in [0.3, 0.4) is 0 Å². The third-order valence-electron chi connectivity index (χ3n) is 8.44. The molecule has 1 N–H and O–H groups in total. The van der Waals surface area contributed by atoms with E-state index in [4.69, 9.17) is 16.3 Å². The molecule has 2 aliphatic rings. The lowest BCUT2D eigenvalue weighted by Gasteiger charge is -2.42. The van der Waals surface area contributed by atoms with Gasteiger partial charge in [-0.05, 0) is 58.9 Å². The van der Waals surface area contributed by atoms with Crippen LogP contribution in [0.25, 0.3) is 0 Å². The fourth-order valence-electron chi connectivity index (χ4n) is 5.80. The Balaban J connectivity index is 1.30. The average molecular weight is 627 g/mol. The van der Waals surface area contributed by atoms with Crippen LogP contribution in [0.2, 0.25) is 5.02 Å². The van der Waals surface area contributed by atoms with E-state index in [1.807, 2.05) is 6.92 Å². The van der Waals surface area contributed by atoms with Crippen LogP contribution in [0.1, 0.15) is 45.0 Å². The first-order valence-electron chi connectivity index (χ1n) is 15.2. The molecule has 2 fully saturated rings. The molecule has 9 nitrogen and oxygen atoms in total. The van der Waals surface area contributed by atoms with E-state index in [1.54, 1.807) is 44.3 Å². The molecule has 0 spiro atoms. The number of likely N-dealkylation sites (N-methyl/N-ethyl adjacent to an activating group) is 1. The van der Waals surface area contributed by atoms with Gasteiger partial charge in [0.1, 0.15) is 16.6 Å². The normalized spacial score (nSPS) is 17.4. The molecule has 0 saturated carbocycles. The first-order chi connectivity index (χ1) is 20.7. The van der Waals surface area contributed by atoms with E-state index in [2.05, 4.69) is 55.2 Å². The lowest BCUT2D eigenvalue weighted by atomic mass is 10.0. The predicted molar refractivity (Wildman–Crippen MR) is 174 cm³/mol. The summed E-state index contributed by atoms with van der Waals surface area (Å²) in [7, 11) is -1.30. The molecular formula is C32H43ClN6O3S. The number of anilines is 3. The molecule has 43 heavy (non-hydrogen) atoms. The van der Waals surface area contributed by atoms with Crippen molar-refractivity contribution in [3.63, 3.8) is 0 Å². The number of halogens is 1. The molecule has 0 bridgehead atoms. The molecule has 0 aliphatic carbocycles. The summed E-state index contributed by atoms with van der Waals surface area (Å²) in [5, 5.41) is 2.89. The Morgan fingerprint density at radius 2 is 1.77 bits per heavy atom. The highest BCUT2D eigenvalue weighted by Gasteiger charge is 2.27. The molecule has 5 rings (SSSR count). The maximum atomic E-state index is 12.9. The fraction of sp³-hybridized carbons (Fsp3) is 0.500. The third-order valence-corrected chi connectivity index (χ3v) is 10.9. The van der Waals surface area contributed by atoms with Crippen LogP contribution in [-0.4, -0.2) is 92.4 Å². The molecule has 232 valence electrons. The summed E-state index contributed by atoms with van der Waals surface area (Å²) in [4.78, 5) is 16.9. The molecule has 2 aliphatic heterocycles. The number of nitrogens with zero attached hydrogens (tertiary/aromatic N) is 5. The number of hydrogen-bond donors (Lipinski definition) is 1. The monoisotopic (exact) mass is 626 g/mol. The number of sulfone groups is 1. The van der Waals surface area contributed by atoms with E-state index >= 15 is 0 Å². The van der Waals surface area contributed by atoms with Crippen molar-refractivity contribution in [3.05, 3.63) is 65.1 Å². The van der Waals surface area contributed by atoms with Gasteiger partial charge in [-0.2, -0.15) is 0 Å². The average Bonchev–Trinajstić information content (AvgIpc) is 3.00. The molecule has 0 radical (unpaired) electrons. The van der Waals surface area contributed by atoms with E-state index in [1.165, 1.54) is 18.5 Å². The molecular weight excluding hydrogens is 584 g/mol. The summed E-state index contributed by atoms with van der Waals surface area (Å²) < 4.78 is 32.0. The van der Waals surface area contributed by atoms with Crippen LogP contribution in [-0.2, 0) is 16.3 Å². The van der Waals surface area contributed by atoms with Crippen molar-refractivity contribution >= 4 is 38.6 Å². The Hall–Kier alpha value is -2.92. The predicted octanol–water partition coefficient (Wildman–Crippen LogP) is 5.26. The molecule has 0 amide bonds. The second-order valence-electron chi connectivity index (χ2n) is 11.7. The van der Waals surface area contributed by atoms with Crippen molar-refractivity contribution in [2.75, 3.05) is 63.1 Å². The van der Waals surface area contributed by atoms with E-state index in [0.29, 0.717) is 41.4 Å². The number of hydrogen-bond acceptors (Lipinski definition) is 9. The minimum Gasteiger partial charge on any atom is -0.494 e. The summed E-state index contributed by atoms with van der Waals surface area (Å²) in [6.45, 7) is 12.6. The van der Waals surface area contributed by atoms with Crippen molar-refractivity contribution in [2.45, 2.75) is 56.2 Å². The zero-order chi connectivity index (χ0) is 30.6. The fourth-order valence-corrected chi connectivity index (χ4v) is 7.14. The van der Waals surface area contributed by atoms with Gasteiger partial charge in [0, 0.05) is 69.0 Å². The molecule has 11 heteroatoms. The van der Waals surface area contributed by atoms with Gasteiger partial charge < -0.3 is 19.9 Å². The van der Waals surface area contributed by atoms with Crippen molar-refractivity contribution in [1.82, 2.24) is 19.8 Å². The van der Waals surface area contributed by atoms with Gasteiger partial charge in [0.25, 0.3) is 0 Å². The second-order valence-corrected chi connectivity index (χ2v) is 14.5. The topological polar surface area (TPSA) is 90.9 Å². The van der Waals surface area contributed by atoms with Crippen molar-refractivity contribution in [3.8, 4) is 5.75 Å². The number of piperazine rings is 1. The van der Waals surface area contributed by atoms with Gasteiger partial charge >= 0.3 is 0 Å². The first kappa shape index (κ1) is 31.5. The number of ether oxygens (including phenoxy) is 1. The van der Waals surface area contributed by atoms with E-state index in [-0.39, 0.29) is 4.90 Å². The molecule has 2 saturated heterocycles. The van der Waals surface area contributed by atoms with Gasteiger partial charge in [-0.1, -0.05) is 29.8 Å². The molecule has 1 aromatic heterocycles. The van der Waals surface area contributed by atoms with Crippen LogP contribution < -0.4 is 15.0 Å². The van der Waals surface area contributed by atoms with Crippen molar-refractivity contribution in [1.29, 1.82) is 0 Å². The number of nitrogens with one attached hydrogen (secondary N) is 1. The zero-order valence-electron chi connectivity index (χ0n) is 25.6. The standard InChI is InChI=1S/C32H43ClN6O3S/c1-5-42-29-21-26(38-14-12-25(13-15-38)39-18-16-37(4)17-19-39)11-10-24(29)20-31-34-22-27(33)32(36-31)35-28-8-6-7-9-30(28)43(40,41)23(2)3/h6-11,21-23,25H,5,12-20H2,1-4H3,(H,34,35,36). The van der Waals surface area contributed by atoms with E-state index in [0.717, 1.165) is 50.6 Å². The Morgan fingerprint density at radius 3 is 2.47 bits per heavy atom. The van der Waals surface area contributed by atoms with Crippen LogP contribution in [0, 0.1) is 0 Å². The number of para-hydroxylation sites is 1. The van der Waals surface area contributed by atoms with Crippen LogP contribution in [0.15, 0.2) is 53.6 Å². The number of aromatic nitrogens is 2. The Kier molecular flexibility index (Phi) is 10.1. The van der Waals surface area contributed by atoms with Gasteiger partial charge in [0.05, 0.1) is 28.6 Å². The van der Waals surface area contributed by atoms with Crippen molar-refractivity contribution in [2.24, 2.45) is 0 Å². The highest BCUT2D eigenvalue weighted by Crippen LogP contribution is 2.32. The molecule has 0 atom stereocenters. The number of benzene rings is 2. The first-order valence-corrected chi connectivity index (χ1v) is 17.1. The summed E-state index contributed by atoms with van der Waals surface area (Å²) in [5.41, 5.74) is 2.58. The summed E-state index contributed by atoms with van der Waals surface area (Å²) in [5.74, 6) is 1.73. The van der Waals surface area contributed by atoms with Crippen molar-refractivity contribution < 1.29 is 13.2 Å². The lowest BCUT2D eigenvalue weighted by Crippen LogP contribution is -2.52. The highest BCUT2D eigenvalue weighted by atomic mass is 35.5. The maximum absolute atomic E-state index is 12.9. The lowest BCUT2D eigenvalue weighted by molar-refractivity contribution is 0.0982. The van der Waals surface area contributed by atoms with E-state index < -0.39 is 15.1 Å². The summed E-state index contributed by atoms with van der Waals surface area (Å²) >= 11 is 6.46. The molecule has 3 heterocycles. The van der Waals surface area contributed by atoms with Crippen LogP contribution in [0.4, 0.5) is 17.2 Å². The number of rotatable bonds is 10. The second kappa shape index (κ2) is 13.8. The molecule has 0 unspecified atom stereocenters. The van der Waals surface area contributed by atoms with Crippen LogP contribution in [0.5, 0.6) is 5.75 Å². The van der Waals surface area contributed by atoms with E-state index in [9.17, 15) is 8.42 Å². The molecule has 2 aromatic carbocycles. The molecule has 3 aromatic rings. The van der Waals surface area contributed by atoms with Gasteiger partial charge in [0.15, 0.2) is 15.7 Å². The Morgan fingerprint density at radius 1 is 1.05 bits per heavy atom. The minimum absolute atomic E-state index is 0.211. The SMILES string of the molecule is CCOc1cc(N2CCC(N3CCN(C)CC3)CC2)ccc1Cc1ncc(Cl)c(Nc2ccccc2S(=O)(=O)C(C)C)n1. The Bertz CT molecular complexity index is 1500. The van der Waals surface area contributed by atoms with Gasteiger partial charge in [-0.15, -0.1) is 0 Å². The maximum Gasteiger partial charge on any atom is 0.182 e. The van der Waals surface area contributed by atoms with Gasteiger partial charge in [-0.25, -0.2) is 18.4 Å². The smallest absolute Gasteiger partial charge is 0.182 e. The minimum atomic E-state index is -3.51. The summed E-state index contributed by atoms with van der Waals surface area (Å²) in [6, 6.07) is 13.9. The summed E-state index contributed by atoms with van der Waals surface area (Å²) in [6.07, 6.45) is 4.33. The zero-order valence-corrected chi connectivity index (χ0v) is 27.2. The third kappa shape index (κ3) is 7.42. The highest BCUT2D eigenvalue weighted by molar-refractivity contribution is 7.92. The number of piperidine rings is 1. The largest absolute Gasteiger partial charge is 0.494 e. The van der Waals surface area contributed by atoms with Crippen LogP contribution >= 0.6 is 11.6 Å². The quantitative estimate of drug-likeness (QED) is 0.324. The Labute approximate surface area is 261 Å².